The van der Waals surface area contributed by atoms with Gasteiger partial charge in [0.1, 0.15) is 16.7 Å². The molecule has 0 aliphatic carbocycles. The van der Waals surface area contributed by atoms with Gasteiger partial charge in [0, 0.05) is 33.9 Å². The Bertz CT molecular complexity index is 2070. The number of carbonyl (C=O) groups excluding carboxylic acids is 1. The fourth-order valence-electron chi connectivity index (χ4n) is 5.47. The van der Waals surface area contributed by atoms with E-state index < -0.39 is 0 Å². The second-order valence-electron chi connectivity index (χ2n) is 10.1. The maximum Gasteiger partial charge on any atom is 0.268 e. The summed E-state index contributed by atoms with van der Waals surface area (Å²) in [7, 11) is 4.54. The topological polar surface area (TPSA) is 105 Å². The first kappa shape index (κ1) is 28.8. The number of hydrogen-bond donors (Lipinski definition) is 1. The second kappa shape index (κ2) is 11.8. The molecule has 0 bridgehead atoms. The minimum Gasteiger partial charge on any atom is -0.493 e. The Morgan fingerprint density at radius 3 is 2.30 bits per heavy atom. The predicted octanol–water partition coefficient (Wildman–Crippen LogP) is 6.97. The highest BCUT2D eigenvalue weighted by Crippen LogP contribution is 2.40. The lowest BCUT2D eigenvalue weighted by molar-refractivity contribution is -0.115. The monoisotopic (exact) mass is 609 g/mol. The van der Waals surface area contributed by atoms with Crippen LogP contribution < -0.4 is 25.1 Å². The highest BCUT2D eigenvalue weighted by atomic mass is 35.5. The normalized spacial score (nSPS) is 11.1. The minimum absolute atomic E-state index is 0.0573. The van der Waals surface area contributed by atoms with E-state index in [1.165, 1.54) is 21.3 Å². The van der Waals surface area contributed by atoms with Crippen molar-refractivity contribution in [3.63, 3.8) is 0 Å². The molecule has 44 heavy (non-hydrogen) atoms. The highest BCUT2D eigenvalue weighted by molar-refractivity contribution is 6.30. The second-order valence-corrected chi connectivity index (χ2v) is 10.6. The van der Waals surface area contributed by atoms with Crippen molar-refractivity contribution in [2.24, 2.45) is 0 Å². The number of aryl methyl sites for hydroxylation is 1. The van der Waals surface area contributed by atoms with E-state index in [0.29, 0.717) is 61.4 Å². The molecule has 0 saturated heterocycles. The van der Waals surface area contributed by atoms with Crippen LogP contribution in [0.2, 0.25) is 5.02 Å². The highest BCUT2D eigenvalue weighted by Gasteiger charge is 2.21. The lowest BCUT2D eigenvalue weighted by atomic mass is 9.98. The fourth-order valence-corrected chi connectivity index (χ4v) is 5.59. The zero-order valence-electron chi connectivity index (χ0n) is 24.4. The average molecular weight is 610 g/mol. The summed E-state index contributed by atoms with van der Waals surface area (Å²) in [5.41, 5.74) is 4.49. The van der Waals surface area contributed by atoms with Crippen LogP contribution in [0.1, 0.15) is 11.3 Å². The Labute approximate surface area is 257 Å². The Hall–Kier alpha value is -5.28. The summed E-state index contributed by atoms with van der Waals surface area (Å²) in [6.07, 6.45) is 0.0573. The first-order valence-electron chi connectivity index (χ1n) is 13.7. The average Bonchev–Trinajstić information content (AvgIpc) is 3.42. The van der Waals surface area contributed by atoms with Gasteiger partial charge in [0.05, 0.1) is 33.3 Å². The Morgan fingerprint density at radius 1 is 0.909 bits per heavy atom. The van der Waals surface area contributed by atoms with E-state index >= 15 is 0 Å². The van der Waals surface area contributed by atoms with Crippen LogP contribution in [0.4, 0.5) is 5.69 Å². The third-order valence-corrected chi connectivity index (χ3v) is 7.69. The first-order valence-corrected chi connectivity index (χ1v) is 14.1. The molecule has 4 aromatic carbocycles. The zero-order valence-corrected chi connectivity index (χ0v) is 25.2. The van der Waals surface area contributed by atoms with Crippen LogP contribution in [0.5, 0.6) is 17.2 Å². The van der Waals surface area contributed by atoms with Gasteiger partial charge >= 0.3 is 0 Å². The number of methoxy groups -OCH3 is 3. The standard InChI is InChI=1S/C34H28ClN3O6/c1-19-30-32(37-44-19)31-25(21-11-13-22(35)14-12-21)9-6-10-26(31)38(34(30)40)24-8-5-7-20(15-24)16-29(39)36-23-17-27(41-2)33(43-4)28(18-23)42-3/h5-15,17-18H,16H2,1-4H3,(H,36,39). The lowest BCUT2D eigenvalue weighted by Gasteiger charge is -2.16. The van der Waals surface area contributed by atoms with Crippen molar-refractivity contribution < 1.29 is 23.5 Å². The van der Waals surface area contributed by atoms with E-state index in [9.17, 15) is 9.59 Å². The Kier molecular flexibility index (Phi) is 7.71. The largest absolute Gasteiger partial charge is 0.493 e. The van der Waals surface area contributed by atoms with Crippen molar-refractivity contribution >= 4 is 45.0 Å². The van der Waals surface area contributed by atoms with Gasteiger partial charge in [-0.15, -0.1) is 0 Å². The number of rotatable bonds is 8. The quantitative estimate of drug-likeness (QED) is 0.199. The van der Waals surface area contributed by atoms with Crippen LogP contribution in [-0.2, 0) is 11.2 Å². The van der Waals surface area contributed by atoms with Crippen molar-refractivity contribution in [2.45, 2.75) is 13.3 Å². The molecule has 0 spiro atoms. The number of amides is 1. The van der Waals surface area contributed by atoms with E-state index in [4.69, 9.17) is 30.3 Å². The molecule has 0 fully saturated rings. The number of benzene rings is 4. The van der Waals surface area contributed by atoms with Crippen molar-refractivity contribution in [1.82, 2.24) is 9.72 Å². The third-order valence-electron chi connectivity index (χ3n) is 7.44. The van der Waals surface area contributed by atoms with Gasteiger partial charge in [-0.1, -0.05) is 53.2 Å². The molecule has 9 nitrogen and oxygen atoms in total. The molecule has 1 N–H and O–H groups in total. The molecule has 10 heteroatoms. The zero-order chi connectivity index (χ0) is 31.0. The molecule has 0 aliphatic heterocycles. The molecule has 0 aliphatic rings. The van der Waals surface area contributed by atoms with Gasteiger partial charge in [0.2, 0.25) is 11.7 Å². The van der Waals surface area contributed by atoms with Gasteiger partial charge in [-0.25, -0.2) is 0 Å². The number of anilines is 1. The third kappa shape index (κ3) is 5.11. The van der Waals surface area contributed by atoms with Crippen molar-refractivity contribution in [2.75, 3.05) is 26.6 Å². The summed E-state index contributed by atoms with van der Waals surface area (Å²) in [4.78, 5) is 27.1. The molecule has 2 aromatic heterocycles. The number of nitrogens with one attached hydrogen (secondary N) is 1. The number of nitrogens with zero attached hydrogens (tertiary/aromatic N) is 2. The molecule has 0 radical (unpaired) electrons. The van der Waals surface area contributed by atoms with E-state index in [1.807, 2.05) is 66.7 Å². The molecule has 222 valence electrons. The van der Waals surface area contributed by atoms with Crippen LogP contribution in [0.25, 0.3) is 38.6 Å². The summed E-state index contributed by atoms with van der Waals surface area (Å²) < 4.78 is 23.3. The molecule has 0 saturated carbocycles. The SMILES string of the molecule is COc1cc(NC(=O)Cc2cccc(-n3c(=O)c4c(C)onc4c4c(-c5ccc(Cl)cc5)cccc43)c2)cc(OC)c1OC. The van der Waals surface area contributed by atoms with Crippen LogP contribution in [0, 0.1) is 6.92 Å². The molecule has 1 amide bonds. The smallest absolute Gasteiger partial charge is 0.268 e. The van der Waals surface area contributed by atoms with Gasteiger partial charge in [0.25, 0.3) is 5.56 Å². The van der Waals surface area contributed by atoms with Gasteiger partial charge in [-0.05, 0) is 53.9 Å². The van der Waals surface area contributed by atoms with E-state index in [1.54, 1.807) is 23.6 Å². The number of halogens is 1. The maximum absolute atomic E-state index is 14.0. The van der Waals surface area contributed by atoms with Crippen LogP contribution in [-0.4, -0.2) is 37.0 Å². The number of fused-ring (bicyclic) bond motifs is 3. The number of carbonyl (C=O) groups is 1. The summed E-state index contributed by atoms with van der Waals surface area (Å²) in [5, 5.41) is 8.97. The Balaban J connectivity index is 1.42. The van der Waals surface area contributed by atoms with E-state index in [-0.39, 0.29) is 17.9 Å². The van der Waals surface area contributed by atoms with Crippen LogP contribution in [0.3, 0.4) is 0 Å². The molecule has 6 rings (SSSR count). The summed E-state index contributed by atoms with van der Waals surface area (Å²) in [5.74, 6) is 1.44. The summed E-state index contributed by atoms with van der Waals surface area (Å²) in [6.45, 7) is 1.72. The van der Waals surface area contributed by atoms with Crippen LogP contribution >= 0.6 is 11.6 Å². The Morgan fingerprint density at radius 2 is 1.61 bits per heavy atom. The molecular weight excluding hydrogens is 582 g/mol. The number of hydrogen-bond acceptors (Lipinski definition) is 7. The molecular formula is C34H28ClN3O6. The van der Waals surface area contributed by atoms with Crippen molar-refractivity contribution in [1.29, 1.82) is 0 Å². The van der Waals surface area contributed by atoms with E-state index in [2.05, 4.69) is 10.5 Å². The summed E-state index contributed by atoms with van der Waals surface area (Å²) >= 11 is 6.16. The van der Waals surface area contributed by atoms with Crippen LogP contribution in [0.15, 0.2) is 88.2 Å². The summed E-state index contributed by atoms with van der Waals surface area (Å²) in [6, 6.07) is 23.9. The van der Waals surface area contributed by atoms with Crippen molar-refractivity contribution in [3.8, 4) is 34.1 Å². The van der Waals surface area contributed by atoms with Gasteiger partial charge in [-0.3, -0.25) is 14.2 Å². The molecule has 0 unspecified atom stereocenters. The van der Waals surface area contributed by atoms with Crippen molar-refractivity contribution in [3.05, 3.63) is 106 Å². The number of pyridine rings is 1. The van der Waals surface area contributed by atoms with Gasteiger partial charge in [-0.2, -0.15) is 0 Å². The predicted molar refractivity (Wildman–Crippen MR) is 171 cm³/mol. The number of ether oxygens (including phenoxy) is 3. The van der Waals surface area contributed by atoms with Gasteiger partial charge < -0.3 is 24.1 Å². The molecule has 6 aromatic rings. The maximum atomic E-state index is 14.0. The number of aromatic nitrogens is 2. The minimum atomic E-state index is -0.265. The fraction of sp³-hybridized carbons (Fsp3) is 0.147. The lowest BCUT2D eigenvalue weighted by Crippen LogP contribution is -2.20. The van der Waals surface area contributed by atoms with Gasteiger partial charge in [0.15, 0.2) is 11.5 Å². The molecule has 2 heterocycles. The first-order chi connectivity index (χ1) is 21.3. The van der Waals surface area contributed by atoms with E-state index in [0.717, 1.165) is 16.5 Å². The molecule has 0 atom stereocenters.